The summed E-state index contributed by atoms with van der Waals surface area (Å²) >= 11 is 1.58. The Morgan fingerprint density at radius 1 is 1.07 bits per heavy atom. The van der Waals surface area contributed by atoms with Crippen molar-refractivity contribution in [2.75, 3.05) is 33.3 Å². The van der Waals surface area contributed by atoms with E-state index in [0.29, 0.717) is 58.9 Å². The first kappa shape index (κ1) is 35.3. The number of nitriles is 1. The lowest BCUT2D eigenvalue weighted by Gasteiger charge is -2.67. The molecule has 0 aromatic heterocycles. The number of benzene rings is 3. The number of fused-ring (bicyclic) bond motifs is 10. The van der Waals surface area contributed by atoms with Crippen molar-refractivity contribution < 1.29 is 48.2 Å². The van der Waals surface area contributed by atoms with Gasteiger partial charge in [-0.3, -0.25) is 19.9 Å². The molecule has 3 N–H and O–H groups in total. The van der Waals surface area contributed by atoms with Gasteiger partial charge in [-0.1, -0.05) is 0 Å². The summed E-state index contributed by atoms with van der Waals surface area (Å²) < 4.78 is 37.1. The predicted molar refractivity (Wildman–Crippen MR) is 203 cm³/mol. The van der Waals surface area contributed by atoms with Crippen molar-refractivity contribution in [3.8, 4) is 46.3 Å². The number of aryl methyl sites for hydroxylation is 1. The molecule has 57 heavy (non-hydrogen) atoms. The SMILES string of the molecule is COc1cc2c(cc1O)CCN[C@]21CS[C@H]2C3C4c5c(cc(C)c(OC)c5O)[C@@]5(C)CC([C@H](C#N)N3[C@H]3CC2(OC1=O)c1c(OC(C)=O)c(C)c2c(c13)OCO2)N45. The topological polar surface area (TPSA) is 172 Å². The van der Waals surface area contributed by atoms with Crippen molar-refractivity contribution in [1.82, 2.24) is 15.1 Å². The van der Waals surface area contributed by atoms with Gasteiger partial charge >= 0.3 is 11.9 Å². The molecule has 3 fully saturated rings. The van der Waals surface area contributed by atoms with Crippen LogP contribution >= 0.6 is 11.8 Å². The zero-order valence-corrected chi connectivity index (χ0v) is 33.2. The van der Waals surface area contributed by atoms with Gasteiger partial charge < -0.3 is 38.6 Å². The van der Waals surface area contributed by atoms with E-state index in [1.807, 2.05) is 13.8 Å². The summed E-state index contributed by atoms with van der Waals surface area (Å²) in [6.45, 7) is 7.66. The van der Waals surface area contributed by atoms with Crippen molar-refractivity contribution in [3.05, 3.63) is 62.7 Å². The number of hydrogen-bond donors (Lipinski definition) is 3. The van der Waals surface area contributed by atoms with E-state index < -0.39 is 58.0 Å². The van der Waals surface area contributed by atoms with Crippen molar-refractivity contribution >= 4 is 23.7 Å². The minimum Gasteiger partial charge on any atom is -0.504 e. The van der Waals surface area contributed by atoms with E-state index in [2.05, 4.69) is 34.2 Å². The highest BCUT2D eigenvalue weighted by Crippen LogP contribution is 2.74. The van der Waals surface area contributed by atoms with E-state index in [0.717, 1.165) is 22.3 Å². The Hall–Kier alpha value is -4.88. The van der Waals surface area contributed by atoms with Gasteiger partial charge in [0, 0.05) is 71.6 Å². The zero-order valence-electron chi connectivity index (χ0n) is 32.3. The second-order valence-electron chi connectivity index (χ2n) is 16.8. The van der Waals surface area contributed by atoms with Crippen LogP contribution < -0.4 is 29.0 Å². The highest BCUT2D eigenvalue weighted by atomic mass is 32.2. The van der Waals surface area contributed by atoms with Crippen LogP contribution in [0.1, 0.15) is 83.3 Å². The molecule has 7 aliphatic heterocycles. The number of nitrogens with one attached hydrogen (secondary N) is 1. The van der Waals surface area contributed by atoms with Crippen LogP contribution in [0.25, 0.3) is 0 Å². The first-order chi connectivity index (χ1) is 27.3. The predicted octanol–water partition coefficient (Wildman–Crippen LogP) is 4.36. The van der Waals surface area contributed by atoms with Gasteiger partial charge in [-0.25, -0.2) is 4.79 Å². The summed E-state index contributed by atoms with van der Waals surface area (Å²) in [6.07, 6.45) is 1.53. The van der Waals surface area contributed by atoms with Gasteiger partial charge in [0.25, 0.3) is 0 Å². The Morgan fingerprint density at radius 2 is 1.86 bits per heavy atom. The summed E-state index contributed by atoms with van der Waals surface area (Å²) in [5.74, 6) is 1.07. The maximum absolute atomic E-state index is 15.4. The fourth-order valence-electron chi connectivity index (χ4n) is 12.3. The number of esters is 2. The number of thioether (sulfide) groups is 1. The Kier molecular flexibility index (Phi) is 7.06. The van der Waals surface area contributed by atoms with Gasteiger partial charge in [-0.15, -0.1) is 11.8 Å². The molecule has 0 amide bonds. The van der Waals surface area contributed by atoms with Gasteiger partial charge in [0.2, 0.25) is 6.79 Å². The van der Waals surface area contributed by atoms with Crippen LogP contribution in [-0.2, 0) is 37.4 Å². The molecular weight excluding hydrogens is 753 g/mol. The average molecular weight is 795 g/mol. The van der Waals surface area contributed by atoms with Crippen LogP contribution in [0.15, 0.2) is 18.2 Å². The number of piperazine rings is 1. The fourth-order valence-corrected chi connectivity index (χ4v) is 14.1. The first-order valence-electron chi connectivity index (χ1n) is 19.4. The Labute approximate surface area is 332 Å². The summed E-state index contributed by atoms with van der Waals surface area (Å²) in [6, 6.07) is 5.99. The number of phenolic OH excluding ortho intramolecular Hbond substituents is 2. The van der Waals surface area contributed by atoms with Crippen LogP contribution in [-0.4, -0.2) is 88.6 Å². The van der Waals surface area contributed by atoms with Gasteiger partial charge in [-0.2, -0.15) is 5.26 Å². The number of carbonyl (C=O) groups is 2. The number of rotatable bonds is 3. The number of carbonyl (C=O) groups excluding carboxylic acids is 2. The second-order valence-corrected chi connectivity index (χ2v) is 18.0. The molecule has 15 heteroatoms. The zero-order chi connectivity index (χ0) is 39.7. The van der Waals surface area contributed by atoms with Crippen LogP contribution in [0.5, 0.6) is 40.2 Å². The lowest BCUT2D eigenvalue weighted by atomic mass is 9.70. The fraction of sp³-hybridized carbons (Fsp3) is 0.500. The van der Waals surface area contributed by atoms with Crippen LogP contribution in [0.3, 0.4) is 0 Å². The standard InChI is InChI=1S/C42H42N4O10S/c1-17-9-22-28(33(49)34(17)52-6)31-32-38-42(56-39(50)41(15-57-38)21-11-27(51-5)26(48)10-20(21)7-8-44-41)13-24(45(32)25(14-43)23-12-40(22,4)46(23)31)29-30(42)35(55-19(3)47)18(2)36-37(29)54-16-53-36/h9-11,23-25,31-32,38,44,48-49H,7-8,12-13,15-16H2,1-6H3/t23?,24-,25-,31?,32?,38-,40+,41+,42?/m0/s1. The van der Waals surface area contributed by atoms with Gasteiger partial charge in [0.05, 0.1) is 31.6 Å². The minimum absolute atomic E-state index is 0.0155. The van der Waals surface area contributed by atoms with Gasteiger partial charge in [0.1, 0.15) is 11.8 Å². The van der Waals surface area contributed by atoms with Gasteiger partial charge in [-0.05, 0) is 74.1 Å². The van der Waals surface area contributed by atoms with E-state index in [4.69, 9.17) is 28.4 Å². The number of piperidine rings is 1. The third-order valence-electron chi connectivity index (χ3n) is 14.3. The normalized spacial score (nSPS) is 34.6. The lowest BCUT2D eigenvalue weighted by molar-refractivity contribution is -0.211. The molecule has 11 rings (SSSR count). The monoisotopic (exact) mass is 794 g/mol. The molecule has 9 atom stereocenters. The molecule has 3 aromatic rings. The van der Waals surface area contributed by atoms with Gasteiger partial charge in [0.15, 0.2) is 45.6 Å². The molecule has 14 nitrogen and oxygen atoms in total. The van der Waals surface area contributed by atoms with E-state index in [1.54, 1.807) is 31.0 Å². The molecule has 2 spiro atoms. The molecule has 3 saturated heterocycles. The van der Waals surface area contributed by atoms with Crippen LogP contribution in [0.4, 0.5) is 0 Å². The molecule has 2 bridgehead atoms. The summed E-state index contributed by atoms with van der Waals surface area (Å²) in [5.41, 5.74) is 2.59. The van der Waals surface area contributed by atoms with E-state index >= 15 is 4.79 Å². The highest BCUT2D eigenvalue weighted by molar-refractivity contribution is 8.00. The average Bonchev–Trinajstić information content (AvgIpc) is 3.80. The molecule has 7 heterocycles. The number of nitrogens with zero attached hydrogens (tertiary/aromatic N) is 3. The van der Waals surface area contributed by atoms with Crippen LogP contribution in [0, 0.1) is 25.2 Å². The maximum Gasteiger partial charge on any atom is 0.332 e. The van der Waals surface area contributed by atoms with E-state index in [9.17, 15) is 20.3 Å². The smallest absolute Gasteiger partial charge is 0.332 e. The second kappa shape index (κ2) is 11.4. The molecule has 4 unspecified atom stereocenters. The first-order valence-corrected chi connectivity index (χ1v) is 20.4. The maximum atomic E-state index is 15.4. The molecular formula is C42H42N4O10S. The van der Waals surface area contributed by atoms with Crippen molar-refractivity contribution in [2.45, 2.75) is 99.1 Å². The Balaban J connectivity index is 1.20. The van der Waals surface area contributed by atoms with E-state index in [1.165, 1.54) is 14.0 Å². The quantitative estimate of drug-likeness (QED) is 0.252. The molecule has 3 aromatic carbocycles. The lowest BCUT2D eigenvalue weighted by Crippen LogP contribution is -2.76. The number of hydrogen-bond acceptors (Lipinski definition) is 15. The molecule has 8 aliphatic rings. The van der Waals surface area contributed by atoms with Crippen LogP contribution in [0.2, 0.25) is 0 Å². The van der Waals surface area contributed by atoms with Crippen molar-refractivity contribution in [3.63, 3.8) is 0 Å². The minimum atomic E-state index is -1.40. The van der Waals surface area contributed by atoms with Crippen molar-refractivity contribution in [2.24, 2.45) is 0 Å². The summed E-state index contributed by atoms with van der Waals surface area (Å²) in [4.78, 5) is 33.1. The highest BCUT2D eigenvalue weighted by Gasteiger charge is 2.76. The number of phenols is 2. The molecule has 0 radical (unpaired) electrons. The Bertz CT molecular complexity index is 2440. The molecule has 0 saturated carbocycles. The third kappa shape index (κ3) is 4.02. The summed E-state index contributed by atoms with van der Waals surface area (Å²) in [5, 5.41) is 37.3. The number of ether oxygens (including phenoxy) is 6. The Morgan fingerprint density at radius 3 is 2.60 bits per heavy atom. The third-order valence-corrected chi connectivity index (χ3v) is 15.9. The van der Waals surface area contributed by atoms with E-state index in [-0.39, 0.29) is 48.0 Å². The summed E-state index contributed by atoms with van der Waals surface area (Å²) in [7, 11) is 3.03. The molecule has 296 valence electrons. The largest absolute Gasteiger partial charge is 0.504 e. The molecule has 1 aliphatic carbocycles. The number of methoxy groups -OCH3 is 2. The van der Waals surface area contributed by atoms with Crippen molar-refractivity contribution in [1.29, 1.82) is 5.26 Å². The number of aromatic hydroxyl groups is 2.